The van der Waals surface area contributed by atoms with E-state index in [0.717, 1.165) is 28.1 Å². The fourth-order valence-corrected chi connectivity index (χ4v) is 2.87. The summed E-state index contributed by atoms with van der Waals surface area (Å²) in [6.45, 7) is 1.43. The predicted molar refractivity (Wildman–Crippen MR) is 70.6 cm³/mol. The highest BCUT2D eigenvalue weighted by atomic mass is 32.2. The second-order valence-corrected chi connectivity index (χ2v) is 5.09. The van der Waals surface area contributed by atoms with Gasteiger partial charge in [0.15, 0.2) is 6.29 Å². The fourth-order valence-electron chi connectivity index (χ4n) is 1.92. The first-order valence-corrected chi connectivity index (χ1v) is 6.98. The third-order valence-corrected chi connectivity index (χ3v) is 3.83. The lowest BCUT2D eigenvalue weighted by molar-refractivity contribution is -0.0421. The Labute approximate surface area is 110 Å². The lowest BCUT2D eigenvalue weighted by Gasteiger charge is -2.08. The molecule has 94 valence electrons. The quantitative estimate of drug-likeness (QED) is 0.625. The molecule has 1 aliphatic heterocycles. The summed E-state index contributed by atoms with van der Waals surface area (Å²) in [6, 6.07) is 8.06. The number of thioether (sulfide) groups is 1. The van der Waals surface area contributed by atoms with Crippen LogP contribution in [-0.4, -0.2) is 35.2 Å². The Morgan fingerprint density at radius 1 is 1.17 bits per heavy atom. The molecule has 0 aliphatic carbocycles. The van der Waals surface area contributed by atoms with Crippen molar-refractivity contribution in [2.45, 2.75) is 17.7 Å². The van der Waals surface area contributed by atoms with E-state index >= 15 is 0 Å². The van der Waals surface area contributed by atoms with Gasteiger partial charge < -0.3 is 9.47 Å². The smallest absolute Gasteiger partial charge is 0.158 e. The molecular weight excluding hydrogens is 248 g/mol. The van der Waals surface area contributed by atoms with Crippen molar-refractivity contribution < 1.29 is 9.47 Å². The Balaban J connectivity index is 1.66. The van der Waals surface area contributed by atoms with Gasteiger partial charge in [0.05, 0.1) is 18.7 Å². The SMILES string of the molecule is c1ccc2c(SCCC3OCCO3)ncnc2c1. The minimum atomic E-state index is -0.0365. The van der Waals surface area contributed by atoms with Crippen LogP contribution in [0.3, 0.4) is 0 Å². The Kier molecular flexibility index (Phi) is 3.73. The molecule has 0 radical (unpaired) electrons. The number of rotatable bonds is 4. The van der Waals surface area contributed by atoms with Gasteiger partial charge in [0.25, 0.3) is 0 Å². The minimum Gasteiger partial charge on any atom is -0.350 e. The largest absolute Gasteiger partial charge is 0.350 e. The molecule has 0 bridgehead atoms. The molecule has 18 heavy (non-hydrogen) atoms. The number of fused-ring (bicyclic) bond motifs is 1. The van der Waals surface area contributed by atoms with E-state index in [1.54, 1.807) is 18.1 Å². The number of benzene rings is 1. The van der Waals surface area contributed by atoms with E-state index in [9.17, 15) is 0 Å². The minimum absolute atomic E-state index is 0.0365. The highest BCUT2D eigenvalue weighted by Crippen LogP contribution is 2.25. The highest BCUT2D eigenvalue weighted by Gasteiger charge is 2.15. The molecule has 0 atom stereocenters. The number of hydrogen-bond donors (Lipinski definition) is 0. The van der Waals surface area contributed by atoms with E-state index in [-0.39, 0.29) is 6.29 Å². The Hall–Kier alpha value is -1.17. The Morgan fingerprint density at radius 2 is 2.00 bits per heavy atom. The van der Waals surface area contributed by atoms with Crippen molar-refractivity contribution in [3.05, 3.63) is 30.6 Å². The summed E-state index contributed by atoms with van der Waals surface area (Å²) in [5.41, 5.74) is 0.989. The normalized spacial score (nSPS) is 16.4. The molecule has 4 nitrogen and oxygen atoms in total. The van der Waals surface area contributed by atoms with Crippen LogP contribution in [0.5, 0.6) is 0 Å². The van der Waals surface area contributed by atoms with Gasteiger partial charge in [-0.2, -0.15) is 0 Å². The van der Waals surface area contributed by atoms with Crippen LogP contribution < -0.4 is 0 Å². The number of hydrogen-bond acceptors (Lipinski definition) is 5. The molecule has 1 saturated heterocycles. The van der Waals surface area contributed by atoms with Gasteiger partial charge in [0, 0.05) is 17.6 Å². The van der Waals surface area contributed by atoms with Gasteiger partial charge in [-0.3, -0.25) is 0 Å². The molecule has 1 aromatic heterocycles. The van der Waals surface area contributed by atoms with Crippen LogP contribution in [0, 0.1) is 0 Å². The van der Waals surface area contributed by atoms with Crippen molar-refractivity contribution >= 4 is 22.7 Å². The lowest BCUT2D eigenvalue weighted by Crippen LogP contribution is -2.08. The number of para-hydroxylation sites is 1. The summed E-state index contributed by atoms with van der Waals surface area (Å²) < 4.78 is 10.8. The fraction of sp³-hybridized carbons (Fsp3) is 0.385. The standard InChI is InChI=1S/C13H14N2O2S/c1-2-4-11-10(3-1)13(15-9-14-11)18-8-5-12-16-6-7-17-12/h1-4,9,12H,5-8H2. The van der Waals surface area contributed by atoms with E-state index < -0.39 is 0 Å². The second-order valence-electron chi connectivity index (χ2n) is 4.00. The first-order chi connectivity index (χ1) is 8.93. The summed E-state index contributed by atoms with van der Waals surface area (Å²) in [4.78, 5) is 8.59. The summed E-state index contributed by atoms with van der Waals surface area (Å²) in [6.07, 6.45) is 2.47. The highest BCUT2D eigenvalue weighted by molar-refractivity contribution is 7.99. The summed E-state index contributed by atoms with van der Waals surface area (Å²) >= 11 is 1.73. The molecule has 5 heteroatoms. The van der Waals surface area contributed by atoms with E-state index in [0.29, 0.717) is 13.2 Å². The Bertz CT molecular complexity index is 524. The maximum Gasteiger partial charge on any atom is 0.158 e. The van der Waals surface area contributed by atoms with Crippen molar-refractivity contribution in [1.82, 2.24) is 9.97 Å². The molecule has 1 aromatic carbocycles. The van der Waals surface area contributed by atoms with Crippen LogP contribution in [0.2, 0.25) is 0 Å². The van der Waals surface area contributed by atoms with E-state index in [2.05, 4.69) is 16.0 Å². The van der Waals surface area contributed by atoms with Crippen molar-refractivity contribution in [1.29, 1.82) is 0 Å². The number of ether oxygens (including phenoxy) is 2. The van der Waals surface area contributed by atoms with Crippen LogP contribution in [0.15, 0.2) is 35.6 Å². The maximum absolute atomic E-state index is 5.41. The van der Waals surface area contributed by atoms with Gasteiger partial charge >= 0.3 is 0 Å². The van der Waals surface area contributed by atoms with Gasteiger partial charge in [-0.05, 0) is 6.07 Å². The van der Waals surface area contributed by atoms with Crippen molar-refractivity contribution in [3.8, 4) is 0 Å². The number of aromatic nitrogens is 2. The van der Waals surface area contributed by atoms with Crippen LogP contribution in [0.4, 0.5) is 0 Å². The van der Waals surface area contributed by atoms with Crippen molar-refractivity contribution in [2.24, 2.45) is 0 Å². The number of nitrogens with zero attached hydrogens (tertiary/aromatic N) is 2. The molecule has 2 aromatic rings. The molecule has 3 rings (SSSR count). The molecule has 0 N–H and O–H groups in total. The van der Waals surface area contributed by atoms with Crippen LogP contribution in [0.25, 0.3) is 10.9 Å². The van der Waals surface area contributed by atoms with E-state index in [1.807, 2.05) is 18.2 Å². The van der Waals surface area contributed by atoms with Gasteiger partial charge in [-0.25, -0.2) is 9.97 Å². The molecule has 0 unspecified atom stereocenters. The molecule has 0 amide bonds. The monoisotopic (exact) mass is 262 g/mol. The molecular formula is C13H14N2O2S. The van der Waals surface area contributed by atoms with Crippen LogP contribution >= 0.6 is 11.8 Å². The average molecular weight is 262 g/mol. The van der Waals surface area contributed by atoms with Crippen LogP contribution in [-0.2, 0) is 9.47 Å². The molecule has 2 heterocycles. The first-order valence-electron chi connectivity index (χ1n) is 5.99. The predicted octanol–water partition coefficient (Wildman–Crippen LogP) is 2.48. The van der Waals surface area contributed by atoms with Gasteiger partial charge in [0.1, 0.15) is 11.4 Å². The average Bonchev–Trinajstić information content (AvgIpc) is 2.92. The zero-order valence-electron chi connectivity index (χ0n) is 9.91. The van der Waals surface area contributed by atoms with Gasteiger partial charge in [0.2, 0.25) is 0 Å². The summed E-state index contributed by atoms with van der Waals surface area (Å²) in [5, 5.41) is 2.14. The molecule has 1 aliphatic rings. The van der Waals surface area contributed by atoms with Crippen molar-refractivity contribution in [2.75, 3.05) is 19.0 Å². The summed E-state index contributed by atoms with van der Waals surface area (Å²) in [7, 11) is 0. The van der Waals surface area contributed by atoms with Gasteiger partial charge in [-0.1, -0.05) is 18.2 Å². The topological polar surface area (TPSA) is 44.2 Å². The lowest BCUT2D eigenvalue weighted by atomic mass is 10.2. The second kappa shape index (κ2) is 5.65. The Morgan fingerprint density at radius 3 is 2.89 bits per heavy atom. The third kappa shape index (κ3) is 2.63. The maximum atomic E-state index is 5.41. The zero-order chi connectivity index (χ0) is 12.2. The zero-order valence-corrected chi connectivity index (χ0v) is 10.7. The third-order valence-electron chi connectivity index (χ3n) is 2.79. The summed E-state index contributed by atoms with van der Waals surface area (Å²) in [5.74, 6) is 0.936. The molecule has 0 saturated carbocycles. The van der Waals surface area contributed by atoms with E-state index in [1.165, 1.54) is 0 Å². The van der Waals surface area contributed by atoms with Crippen molar-refractivity contribution in [3.63, 3.8) is 0 Å². The van der Waals surface area contributed by atoms with Gasteiger partial charge in [-0.15, -0.1) is 11.8 Å². The first kappa shape index (κ1) is 11.9. The molecule has 0 spiro atoms. The van der Waals surface area contributed by atoms with E-state index in [4.69, 9.17) is 9.47 Å². The van der Waals surface area contributed by atoms with Crippen LogP contribution in [0.1, 0.15) is 6.42 Å². The molecule has 1 fully saturated rings.